The molecule has 108 valence electrons. The Morgan fingerprint density at radius 2 is 1.84 bits per heavy atom. The molecule has 0 aromatic heterocycles. The van der Waals surface area contributed by atoms with E-state index >= 15 is 0 Å². The van der Waals surface area contributed by atoms with E-state index in [0.717, 1.165) is 16.6 Å². The summed E-state index contributed by atoms with van der Waals surface area (Å²) < 4.78 is 16.9. The molecule has 0 bridgehead atoms. The molecule has 0 heterocycles. The zero-order valence-corrected chi connectivity index (χ0v) is 13.2. The summed E-state index contributed by atoms with van der Waals surface area (Å²) in [5, 5.41) is 3.13. The third-order valence-electron chi connectivity index (χ3n) is 2.56. The Kier molecular flexibility index (Phi) is 9.03. The average Bonchev–Trinajstić information content (AvgIpc) is 2.40. The average molecular weight is 332 g/mol. The van der Waals surface area contributed by atoms with Crippen molar-refractivity contribution < 1.29 is 14.2 Å². The summed E-state index contributed by atoms with van der Waals surface area (Å²) in [5.74, 6) is 0. The molecule has 0 radical (unpaired) electrons. The van der Waals surface area contributed by atoms with Crippen LogP contribution in [0.25, 0.3) is 0 Å². The van der Waals surface area contributed by atoms with Gasteiger partial charge in [0.25, 0.3) is 0 Å². The predicted octanol–water partition coefficient (Wildman–Crippen LogP) is 2.35. The van der Waals surface area contributed by atoms with E-state index in [-0.39, 0.29) is 0 Å². The van der Waals surface area contributed by atoms with Crippen molar-refractivity contribution in [2.75, 3.05) is 40.6 Å². The van der Waals surface area contributed by atoms with Crippen LogP contribution in [0.5, 0.6) is 0 Å². The first-order valence-corrected chi connectivity index (χ1v) is 7.13. The molecule has 5 heteroatoms. The van der Waals surface area contributed by atoms with E-state index in [1.54, 1.807) is 7.11 Å². The highest BCUT2D eigenvalue weighted by Gasteiger charge is 2.01. The first-order chi connectivity index (χ1) is 9.27. The van der Waals surface area contributed by atoms with Crippen LogP contribution >= 0.6 is 15.9 Å². The quantitative estimate of drug-likeness (QED) is 0.668. The number of nitrogens with one attached hydrogen (secondary N) is 1. The van der Waals surface area contributed by atoms with Crippen molar-refractivity contribution >= 4 is 15.9 Å². The Bertz CT molecular complexity index is 361. The van der Waals surface area contributed by atoms with Crippen molar-refractivity contribution in [1.29, 1.82) is 0 Å². The number of ether oxygens (including phenoxy) is 3. The van der Waals surface area contributed by atoms with Crippen LogP contribution in [0.2, 0.25) is 0 Å². The van der Waals surface area contributed by atoms with Gasteiger partial charge in [-0.3, -0.25) is 0 Å². The van der Waals surface area contributed by atoms with E-state index in [4.69, 9.17) is 14.2 Å². The van der Waals surface area contributed by atoms with Crippen LogP contribution in [0.4, 0.5) is 0 Å². The summed E-state index contributed by atoms with van der Waals surface area (Å²) >= 11 is 3.56. The van der Waals surface area contributed by atoms with Gasteiger partial charge >= 0.3 is 0 Å². The fraction of sp³-hybridized carbons (Fsp3) is 0.571. The minimum atomic E-state index is 0.591. The van der Waals surface area contributed by atoms with Gasteiger partial charge in [0.05, 0.1) is 33.0 Å². The molecule has 1 N–H and O–H groups in total. The molecular formula is C14H22BrNO3. The van der Waals surface area contributed by atoms with Gasteiger partial charge in [-0.05, 0) is 24.2 Å². The highest BCUT2D eigenvalue weighted by molar-refractivity contribution is 9.10. The number of benzene rings is 1. The standard InChI is InChI=1S/C14H22BrNO3/c1-16-10-12-3-4-13(14(15)9-12)11-19-8-7-18-6-5-17-2/h3-4,9,16H,5-8,10-11H2,1-2H3. The summed E-state index contributed by atoms with van der Waals surface area (Å²) in [4.78, 5) is 0. The largest absolute Gasteiger partial charge is 0.382 e. The second-order valence-electron chi connectivity index (χ2n) is 4.11. The van der Waals surface area contributed by atoms with E-state index in [1.807, 2.05) is 7.05 Å². The predicted molar refractivity (Wildman–Crippen MR) is 79.3 cm³/mol. The maximum Gasteiger partial charge on any atom is 0.0728 e. The molecule has 0 fully saturated rings. The van der Waals surface area contributed by atoms with Crippen LogP contribution in [-0.2, 0) is 27.4 Å². The first-order valence-electron chi connectivity index (χ1n) is 6.34. The highest BCUT2D eigenvalue weighted by atomic mass is 79.9. The SMILES string of the molecule is CNCc1ccc(COCCOCCOC)c(Br)c1. The van der Waals surface area contributed by atoms with Gasteiger partial charge in [0.1, 0.15) is 0 Å². The van der Waals surface area contributed by atoms with E-state index in [2.05, 4.69) is 39.4 Å². The smallest absolute Gasteiger partial charge is 0.0728 e. The summed E-state index contributed by atoms with van der Waals surface area (Å²) in [5.41, 5.74) is 2.40. The van der Waals surface area contributed by atoms with Gasteiger partial charge < -0.3 is 19.5 Å². The van der Waals surface area contributed by atoms with Crippen molar-refractivity contribution in [3.8, 4) is 0 Å². The molecule has 0 unspecified atom stereocenters. The summed E-state index contributed by atoms with van der Waals surface area (Å²) in [6, 6.07) is 6.31. The van der Waals surface area contributed by atoms with E-state index in [0.29, 0.717) is 33.0 Å². The lowest BCUT2D eigenvalue weighted by molar-refractivity contribution is 0.0198. The van der Waals surface area contributed by atoms with Crippen molar-refractivity contribution in [3.63, 3.8) is 0 Å². The molecule has 0 aliphatic carbocycles. The minimum absolute atomic E-state index is 0.591. The van der Waals surface area contributed by atoms with Gasteiger partial charge in [0.2, 0.25) is 0 Å². The zero-order chi connectivity index (χ0) is 13.9. The zero-order valence-electron chi connectivity index (χ0n) is 11.6. The van der Waals surface area contributed by atoms with E-state index < -0.39 is 0 Å². The molecular weight excluding hydrogens is 310 g/mol. The molecule has 0 aliphatic rings. The van der Waals surface area contributed by atoms with Crippen LogP contribution in [0.3, 0.4) is 0 Å². The Labute approximate surface area is 123 Å². The fourth-order valence-corrected chi connectivity index (χ4v) is 2.11. The Hall–Kier alpha value is -0.460. The lowest BCUT2D eigenvalue weighted by atomic mass is 10.1. The normalized spacial score (nSPS) is 10.9. The number of hydrogen-bond acceptors (Lipinski definition) is 4. The van der Waals surface area contributed by atoms with Crippen LogP contribution in [0.15, 0.2) is 22.7 Å². The van der Waals surface area contributed by atoms with Crippen molar-refractivity contribution in [3.05, 3.63) is 33.8 Å². The lowest BCUT2D eigenvalue weighted by Crippen LogP contribution is -2.08. The third-order valence-corrected chi connectivity index (χ3v) is 3.30. The maximum atomic E-state index is 5.57. The molecule has 1 aromatic carbocycles. The van der Waals surface area contributed by atoms with Gasteiger partial charge in [-0.15, -0.1) is 0 Å². The molecule has 0 atom stereocenters. The number of hydrogen-bond donors (Lipinski definition) is 1. The number of methoxy groups -OCH3 is 1. The van der Waals surface area contributed by atoms with Gasteiger partial charge in [0, 0.05) is 18.1 Å². The molecule has 19 heavy (non-hydrogen) atoms. The van der Waals surface area contributed by atoms with Crippen LogP contribution < -0.4 is 5.32 Å². The summed E-state index contributed by atoms with van der Waals surface area (Å²) in [6.45, 7) is 3.88. The first kappa shape index (κ1) is 16.6. The fourth-order valence-electron chi connectivity index (χ4n) is 1.57. The van der Waals surface area contributed by atoms with Gasteiger partial charge in [-0.1, -0.05) is 28.1 Å². The van der Waals surface area contributed by atoms with E-state index in [9.17, 15) is 0 Å². The second-order valence-corrected chi connectivity index (χ2v) is 4.97. The summed E-state index contributed by atoms with van der Waals surface area (Å²) in [6.07, 6.45) is 0. The van der Waals surface area contributed by atoms with Gasteiger partial charge in [-0.2, -0.15) is 0 Å². The molecule has 4 nitrogen and oxygen atoms in total. The van der Waals surface area contributed by atoms with E-state index in [1.165, 1.54) is 5.56 Å². The molecule has 0 aliphatic heterocycles. The van der Waals surface area contributed by atoms with Crippen LogP contribution in [0.1, 0.15) is 11.1 Å². The maximum absolute atomic E-state index is 5.57. The van der Waals surface area contributed by atoms with Crippen molar-refractivity contribution in [2.45, 2.75) is 13.2 Å². The highest BCUT2D eigenvalue weighted by Crippen LogP contribution is 2.19. The Morgan fingerprint density at radius 3 is 2.53 bits per heavy atom. The number of halogens is 1. The molecule has 0 saturated carbocycles. The molecule has 0 spiro atoms. The van der Waals surface area contributed by atoms with Gasteiger partial charge in [0.15, 0.2) is 0 Å². The van der Waals surface area contributed by atoms with Crippen molar-refractivity contribution in [2.24, 2.45) is 0 Å². The molecule has 1 aromatic rings. The molecule has 0 saturated heterocycles. The monoisotopic (exact) mass is 331 g/mol. The van der Waals surface area contributed by atoms with Crippen LogP contribution in [0, 0.1) is 0 Å². The molecule has 0 amide bonds. The summed E-state index contributed by atoms with van der Waals surface area (Å²) in [7, 11) is 3.60. The minimum Gasteiger partial charge on any atom is -0.382 e. The lowest BCUT2D eigenvalue weighted by Gasteiger charge is -2.09. The molecule has 1 rings (SSSR count). The van der Waals surface area contributed by atoms with Crippen LogP contribution in [-0.4, -0.2) is 40.6 Å². The Balaban J connectivity index is 2.22. The second kappa shape index (κ2) is 10.3. The topological polar surface area (TPSA) is 39.7 Å². The Morgan fingerprint density at radius 1 is 1.11 bits per heavy atom. The third kappa shape index (κ3) is 7.03. The number of rotatable bonds is 10. The van der Waals surface area contributed by atoms with Crippen molar-refractivity contribution in [1.82, 2.24) is 5.32 Å². The van der Waals surface area contributed by atoms with Gasteiger partial charge in [-0.25, -0.2) is 0 Å².